The summed E-state index contributed by atoms with van der Waals surface area (Å²) in [7, 11) is 1.54. The number of aryl methyl sites for hydroxylation is 1. The quantitative estimate of drug-likeness (QED) is 0.769. The Morgan fingerprint density at radius 2 is 2.10 bits per heavy atom. The van der Waals surface area contributed by atoms with Gasteiger partial charge in [0.15, 0.2) is 16.9 Å². The van der Waals surface area contributed by atoms with Gasteiger partial charge in [-0.1, -0.05) is 12.1 Å². The molecule has 0 aliphatic carbocycles. The van der Waals surface area contributed by atoms with Crippen LogP contribution < -0.4 is 10.8 Å². The maximum absolute atomic E-state index is 12.7. The van der Waals surface area contributed by atoms with E-state index < -0.39 is 11.7 Å². The molecule has 0 aliphatic heterocycles. The molecular weight excluding hydrogens is 263 g/mol. The smallest absolute Gasteiger partial charge is 0.274 e. The van der Waals surface area contributed by atoms with Gasteiger partial charge in [0.2, 0.25) is 0 Å². The van der Waals surface area contributed by atoms with Crippen molar-refractivity contribution in [3.05, 3.63) is 53.2 Å². The number of carbonyl (C=O) groups excluding carboxylic acids is 1. The van der Waals surface area contributed by atoms with E-state index in [0.29, 0.717) is 5.56 Å². The van der Waals surface area contributed by atoms with Crippen LogP contribution in [0.1, 0.15) is 16.1 Å². The van der Waals surface area contributed by atoms with Gasteiger partial charge in [0, 0.05) is 13.6 Å². The number of benzene rings is 1. The number of halogens is 1. The Bertz CT molecular complexity index is 695. The van der Waals surface area contributed by atoms with Crippen LogP contribution in [0.15, 0.2) is 30.6 Å². The Kier molecular flexibility index (Phi) is 3.79. The van der Waals surface area contributed by atoms with Crippen molar-refractivity contribution in [3.8, 4) is 5.75 Å². The van der Waals surface area contributed by atoms with Crippen molar-refractivity contribution >= 4 is 5.91 Å². The van der Waals surface area contributed by atoms with Gasteiger partial charge >= 0.3 is 0 Å². The Hall–Kier alpha value is -2.70. The number of amides is 1. The zero-order valence-electron chi connectivity index (χ0n) is 10.7. The maximum Gasteiger partial charge on any atom is 0.274 e. The van der Waals surface area contributed by atoms with Gasteiger partial charge in [0.1, 0.15) is 5.82 Å². The van der Waals surface area contributed by atoms with E-state index in [4.69, 9.17) is 5.41 Å². The molecule has 20 heavy (non-hydrogen) atoms. The van der Waals surface area contributed by atoms with Gasteiger partial charge in [-0.3, -0.25) is 10.2 Å². The molecule has 0 fully saturated rings. The fourth-order valence-corrected chi connectivity index (χ4v) is 1.58. The van der Waals surface area contributed by atoms with Crippen LogP contribution in [0.25, 0.3) is 0 Å². The summed E-state index contributed by atoms with van der Waals surface area (Å²) in [6.07, 6.45) is 1.27. The van der Waals surface area contributed by atoms with Crippen molar-refractivity contribution in [2.75, 3.05) is 0 Å². The number of hydrogen-bond acceptors (Lipinski definition) is 4. The Labute approximate surface area is 114 Å². The summed E-state index contributed by atoms with van der Waals surface area (Å²) in [5, 5.41) is 19.8. The van der Waals surface area contributed by atoms with Crippen LogP contribution in [-0.4, -0.2) is 20.6 Å². The van der Waals surface area contributed by atoms with Crippen LogP contribution >= 0.6 is 0 Å². The molecule has 1 aromatic carbocycles. The minimum absolute atomic E-state index is 0.175. The predicted molar refractivity (Wildman–Crippen MR) is 68.3 cm³/mol. The first-order valence-corrected chi connectivity index (χ1v) is 5.81. The standard InChI is InChI=1S/C13H13FN4O2/c1-18-7-17-10(11(19)12(18)15)13(20)16-6-8-2-4-9(14)5-3-8/h2-5,7,15,19H,6H2,1H3,(H,16,20). The average Bonchev–Trinajstić information content (AvgIpc) is 2.44. The van der Waals surface area contributed by atoms with E-state index in [9.17, 15) is 14.3 Å². The molecule has 2 rings (SSSR count). The second-order valence-corrected chi connectivity index (χ2v) is 4.21. The summed E-state index contributed by atoms with van der Waals surface area (Å²) >= 11 is 0. The highest BCUT2D eigenvalue weighted by atomic mass is 19.1. The molecule has 0 saturated heterocycles. The van der Waals surface area contributed by atoms with Crippen molar-refractivity contribution < 1.29 is 14.3 Å². The van der Waals surface area contributed by atoms with Crippen molar-refractivity contribution in [1.29, 1.82) is 5.41 Å². The van der Waals surface area contributed by atoms with Gasteiger partial charge < -0.3 is 15.0 Å². The van der Waals surface area contributed by atoms with E-state index in [0.717, 1.165) is 0 Å². The minimum atomic E-state index is -0.596. The number of rotatable bonds is 3. The molecule has 0 aliphatic rings. The third-order valence-corrected chi connectivity index (χ3v) is 2.74. The molecule has 6 nitrogen and oxygen atoms in total. The molecule has 0 unspecified atom stereocenters. The number of nitrogens with one attached hydrogen (secondary N) is 2. The third kappa shape index (κ3) is 2.82. The summed E-state index contributed by atoms with van der Waals surface area (Å²) in [5.41, 5.74) is 0.300. The SMILES string of the molecule is Cn1cnc(C(=O)NCc2ccc(F)cc2)c(O)c1=N. The van der Waals surface area contributed by atoms with Crippen LogP contribution in [0.4, 0.5) is 4.39 Å². The minimum Gasteiger partial charge on any atom is -0.503 e. The van der Waals surface area contributed by atoms with Crippen LogP contribution in [-0.2, 0) is 13.6 Å². The first-order valence-electron chi connectivity index (χ1n) is 5.81. The monoisotopic (exact) mass is 276 g/mol. The summed E-state index contributed by atoms with van der Waals surface area (Å²) in [5.74, 6) is -1.43. The summed E-state index contributed by atoms with van der Waals surface area (Å²) in [6.45, 7) is 0.175. The van der Waals surface area contributed by atoms with Crippen LogP contribution in [0, 0.1) is 11.2 Å². The fourth-order valence-electron chi connectivity index (χ4n) is 1.58. The van der Waals surface area contributed by atoms with Crippen molar-refractivity contribution in [1.82, 2.24) is 14.9 Å². The average molecular weight is 276 g/mol. The largest absolute Gasteiger partial charge is 0.503 e. The number of hydrogen-bond donors (Lipinski definition) is 3. The highest BCUT2D eigenvalue weighted by Crippen LogP contribution is 2.07. The number of carbonyl (C=O) groups is 1. The van der Waals surface area contributed by atoms with Gasteiger partial charge in [0.05, 0.1) is 6.33 Å². The molecule has 0 radical (unpaired) electrons. The summed E-state index contributed by atoms with van der Waals surface area (Å²) in [6, 6.07) is 5.68. The Morgan fingerprint density at radius 1 is 1.45 bits per heavy atom. The highest BCUT2D eigenvalue weighted by Gasteiger charge is 2.14. The fraction of sp³-hybridized carbons (Fsp3) is 0.154. The lowest BCUT2D eigenvalue weighted by molar-refractivity contribution is 0.0942. The van der Waals surface area contributed by atoms with E-state index in [-0.39, 0.29) is 23.5 Å². The second kappa shape index (κ2) is 5.52. The first kappa shape index (κ1) is 13.7. The molecule has 3 N–H and O–H groups in total. The Balaban J connectivity index is 2.11. The molecule has 0 spiro atoms. The van der Waals surface area contributed by atoms with Gasteiger partial charge in [-0.2, -0.15) is 0 Å². The van der Waals surface area contributed by atoms with E-state index in [1.165, 1.54) is 30.1 Å². The number of nitrogens with zero attached hydrogens (tertiary/aromatic N) is 2. The zero-order chi connectivity index (χ0) is 14.7. The molecule has 1 aromatic heterocycles. The van der Waals surface area contributed by atoms with Gasteiger partial charge in [-0.15, -0.1) is 0 Å². The lowest BCUT2D eigenvalue weighted by atomic mass is 10.2. The molecule has 0 saturated carbocycles. The van der Waals surface area contributed by atoms with Crippen LogP contribution in [0.3, 0.4) is 0 Å². The van der Waals surface area contributed by atoms with Gasteiger partial charge in [-0.25, -0.2) is 9.37 Å². The second-order valence-electron chi connectivity index (χ2n) is 4.21. The van der Waals surface area contributed by atoms with Crippen LogP contribution in [0.5, 0.6) is 5.75 Å². The number of aromatic nitrogens is 2. The lowest BCUT2D eigenvalue weighted by Crippen LogP contribution is -2.27. The number of aromatic hydroxyl groups is 1. The normalized spacial score (nSPS) is 10.3. The van der Waals surface area contributed by atoms with Gasteiger partial charge in [-0.05, 0) is 17.7 Å². The third-order valence-electron chi connectivity index (χ3n) is 2.74. The van der Waals surface area contributed by atoms with Crippen molar-refractivity contribution in [3.63, 3.8) is 0 Å². The molecule has 0 atom stereocenters. The van der Waals surface area contributed by atoms with E-state index in [2.05, 4.69) is 10.3 Å². The molecule has 1 amide bonds. The lowest BCUT2D eigenvalue weighted by Gasteiger charge is -2.07. The van der Waals surface area contributed by atoms with Gasteiger partial charge in [0.25, 0.3) is 5.91 Å². The molecule has 1 heterocycles. The predicted octanol–water partition coefficient (Wildman–Crippen LogP) is 0.674. The van der Waals surface area contributed by atoms with Crippen molar-refractivity contribution in [2.45, 2.75) is 6.54 Å². The summed E-state index contributed by atoms with van der Waals surface area (Å²) < 4.78 is 14.0. The first-order chi connectivity index (χ1) is 9.49. The summed E-state index contributed by atoms with van der Waals surface area (Å²) in [4.78, 5) is 15.7. The highest BCUT2D eigenvalue weighted by molar-refractivity contribution is 5.94. The van der Waals surface area contributed by atoms with Crippen LogP contribution in [0.2, 0.25) is 0 Å². The molecule has 0 bridgehead atoms. The molecule has 104 valence electrons. The van der Waals surface area contributed by atoms with E-state index in [1.54, 1.807) is 12.1 Å². The zero-order valence-corrected chi connectivity index (χ0v) is 10.7. The molecule has 7 heteroatoms. The topological polar surface area (TPSA) is 91.0 Å². The Morgan fingerprint density at radius 3 is 2.75 bits per heavy atom. The van der Waals surface area contributed by atoms with Crippen molar-refractivity contribution in [2.24, 2.45) is 7.05 Å². The molecular formula is C13H13FN4O2. The molecule has 2 aromatic rings. The van der Waals surface area contributed by atoms with E-state index in [1.807, 2.05) is 0 Å². The van der Waals surface area contributed by atoms with E-state index >= 15 is 0 Å². The maximum atomic E-state index is 12.7.